The number of nitrogens with one attached hydrogen (secondary N) is 1. The van der Waals surface area contributed by atoms with E-state index < -0.39 is 11.8 Å². The number of carbonyl (C=O) groups is 3. The third kappa shape index (κ3) is 6.34. The number of hydrogen-bond donors (Lipinski definition) is 1. The Morgan fingerprint density at radius 3 is 2.32 bits per heavy atom. The van der Waals surface area contributed by atoms with E-state index in [4.69, 9.17) is 4.74 Å². The van der Waals surface area contributed by atoms with E-state index >= 15 is 0 Å². The molecule has 1 saturated carbocycles. The SMILES string of the molecule is O=C(NC1CC1)C(=O)N1CCN(C(=O)CCCOCCc2ccccc2)CC1. The van der Waals surface area contributed by atoms with Gasteiger partial charge in [-0.05, 0) is 31.2 Å². The fraction of sp³-hybridized carbons (Fsp3) is 0.571. The second-order valence-electron chi connectivity index (χ2n) is 7.37. The van der Waals surface area contributed by atoms with Gasteiger partial charge in [0.05, 0.1) is 6.61 Å². The molecule has 1 heterocycles. The Morgan fingerprint density at radius 1 is 0.964 bits per heavy atom. The Morgan fingerprint density at radius 2 is 1.64 bits per heavy atom. The van der Waals surface area contributed by atoms with Crippen LogP contribution in [-0.2, 0) is 25.5 Å². The molecule has 152 valence electrons. The summed E-state index contributed by atoms with van der Waals surface area (Å²) in [6.07, 6.45) is 3.92. The molecule has 0 atom stereocenters. The Bertz CT molecular complexity index is 667. The van der Waals surface area contributed by atoms with Crippen molar-refractivity contribution in [3.8, 4) is 0 Å². The molecule has 28 heavy (non-hydrogen) atoms. The maximum atomic E-state index is 12.3. The fourth-order valence-electron chi connectivity index (χ4n) is 3.20. The number of benzene rings is 1. The van der Waals surface area contributed by atoms with Crippen LogP contribution in [-0.4, -0.2) is 73.0 Å². The molecule has 0 radical (unpaired) electrons. The number of ether oxygens (including phenoxy) is 1. The van der Waals surface area contributed by atoms with E-state index in [9.17, 15) is 14.4 Å². The van der Waals surface area contributed by atoms with Crippen LogP contribution in [0.25, 0.3) is 0 Å². The summed E-state index contributed by atoms with van der Waals surface area (Å²) in [6, 6.07) is 10.4. The maximum Gasteiger partial charge on any atom is 0.312 e. The molecule has 1 saturated heterocycles. The molecule has 0 bridgehead atoms. The first-order valence-corrected chi connectivity index (χ1v) is 10.1. The zero-order valence-corrected chi connectivity index (χ0v) is 16.3. The van der Waals surface area contributed by atoms with Crippen molar-refractivity contribution < 1.29 is 19.1 Å². The summed E-state index contributed by atoms with van der Waals surface area (Å²) in [6.45, 7) is 3.01. The second-order valence-corrected chi connectivity index (χ2v) is 7.37. The van der Waals surface area contributed by atoms with Gasteiger partial charge in [-0.15, -0.1) is 0 Å². The van der Waals surface area contributed by atoms with E-state index in [1.165, 1.54) is 10.5 Å². The molecule has 2 aliphatic rings. The van der Waals surface area contributed by atoms with Gasteiger partial charge in [0.15, 0.2) is 0 Å². The zero-order valence-electron chi connectivity index (χ0n) is 16.3. The van der Waals surface area contributed by atoms with E-state index in [2.05, 4.69) is 17.4 Å². The van der Waals surface area contributed by atoms with Crippen LogP contribution in [0.5, 0.6) is 0 Å². The summed E-state index contributed by atoms with van der Waals surface area (Å²) in [7, 11) is 0. The number of rotatable bonds is 8. The average Bonchev–Trinajstić information content (AvgIpc) is 3.54. The maximum absolute atomic E-state index is 12.3. The predicted octanol–water partition coefficient (Wildman–Crippen LogP) is 0.975. The van der Waals surface area contributed by atoms with Gasteiger partial charge in [-0.25, -0.2) is 0 Å². The minimum absolute atomic E-state index is 0.0844. The Labute approximate surface area is 166 Å². The normalized spacial score (nSPS) is 16.7. The van der Waals surface area contributed by atoms with Crippen molar-refractivity contribution in [3.05, 3.63) is 35.9 Å². The summed E-state index contributed by atoms with van der Waals surface area (Å²) in [5, 5.41) is 2.72. The molecule has 0 aromatic heterocycles. The molecule has 2 fully saturated rings. The van der Waals surface area contributed by atoms with Gasteiger partial charge in [-0.1, -0.05) is 30.3 Å². The van der Waals surface area contributed by atoms with E-state index in [1.54, 1.807) is 4.90 Å². The summed E-state index contributed by atoms with van der Waals surface area (Å²) in [5.41, 5.74) is 1.25. The summed E-state index contributed by atoms with van der Waals surface area (Å²) in [5.74, 6) is -0.915. The lowest BCUT2D eigenvalue weighted by Gasteiger charge is -2.34. The van der Waals surface area contributed by atoms with Crippen molar-refractivity contribution in [2.75, 3.05) is 39.4 Å². The molecule has 0 unspecified atom stereocenters. The minimum atomic E-state index is -0.519. The molecule has 1 aliphatic heterocycles. The van der Waals surface area contributed by atoms with Crippen molar-refractivity contribution in [1.82, 2.24) is 15.1 Å². The largest absolute Gasteiger partial charge is 0.381 e. The molecule has 1 aromatic carbocycles. The van der Waals surface area contributed by atoms with Gasteiger partial charge < -0.3 is 19.9 Å². The number of amides is 3. The van der Waals surface area contributed by atoms with Crippen molar-refractivity contribution in [1.29, 1.82) is 0 Å². The molecule has 1 N–H and O–H groups in total. The summed E-state index contributed by atoms with van der Waals surface area (Å²) in [4.78, 5) is 39.5. The van der Waals surface area contributed by atoms with E-state index in [0.29, 0.717) is 52.2 Å². The van der Waals surface area contributed by atoms with E-state index in [-0.39, 0.29) is 11.9 Å². The molecular weight excluding hydrogens is 358 g/mol. The van der Waals surface area contributed by atoms with Gasteiger partial charge in [-0.2, -0.15) is 0 Å². The third-order valence-corrected chi connectivity index (χ3v) is 5.08. The number of hydrogen-bond acceptors (Lipinski definition) is 4. The Hall–Kier alpha value is -2.41. The highest BCUT2D eigenvalue weighted by Gasteiger charge is 2.31. The van der Waals surface area contributed by atoms with E-state index in [0.717, 1.165) is 19.3 Å². The van der Waals surface area contributed by atoms with Crippen LogP contribution in [0.3, 0.4) is 0 Å². The molecule has 3 amide bonds. The summed E-state index contributed by atoms with van der Waals surface area (Å²) >= 11 is 0. The molecule has 1 aliphatic carbocycles. The lowest BCUT2D eigenvalue weighted by Crippen LogP contribution is -2.54. The lowest BCUT2D eigenvalue weighted by atomic mass is 10.2. The van der Waals surface area contributed by atoms with Crippen molar-refractivity contribution in [3.63, 3.8) is 0 Å². The zero-order chi connectivity index (χ0) is 19.8. The third-order valence-electron chi connectivity index (χ3n) is 5.08. The van der Waals surface area contributed by atoms with Gasteiger partial charge in [0.2, 0.25) is 5.91 Å². The van der Waals surface area contributed by atoms with Gasteiger partial charge >= 0.3 is 11.8 Å². The molecule has 7 nitrogen and oxygen atoms in total. The molecule has 7 heteroatoms. The van der Waals surface area contributed by atoms with Gasteiger partial charge in [0, 0.05) is 45.2 Å². The van der Waals surface area contributed by atoms with Crippen LogP contribution in [0.15, 0.2) is 30.3 Å². The lowest BCUT2D eigenvalue weighted by molar-refractivity contribution is -0.148. The highest BCUT2D eigenvalue weighted by atomic mass is 16.5. The van der Waals surface area contributed by atoms with Crippen LogP contribution >= 0.6 is 0 Å². The molecular formula is C21H29N3O4. The topological polar surface area (TPSA) is 79.0 Å². The molecule has 3 rings (SSSR count). The summed E-state index contributed by atoms with van der Waals surface area (Å²) < 4.78 is 5.62. The van der Waals surface area contributed by atoms with E-state index in [1.807, 2.05) is 18.2 Å². The first kappa shape index (κ1) is 20.3. The van der Waals surface area contributed by atoms with Crippen LogP contribution in [0.2, 0.25) is 0 Å². The quantitative estimate of drug-likeness (QED) is 0.533. The minimum Gasteiger partial charge on any atom is -0.381 e. The van der Waals surface area contributed by atoms with Gasteiger partial charge in [-0.3, -0.25) is 14.4 Å². The van der Waals surface area contributed by atoms with Gasteiger partial charge in [0.1, 0.15) is 0 Å². The Kier molecular flexibility index (Phi) is 7.42. The predicted molar refractivity (Wildman–Crippen MR) is 105 cm³/mol. The van der Waals surface area contributed by atoms with Crippen LogP contribution in [0.4, 0.5) is 0 Å². The average molecular weight is 387 g/mol. The first-order valence-electron chi connectivity index (χ1n) is 10.1. The van der Waals surface area contributed by atoms with Crippen molar-refractivity contribution in [2.24, 2.45) is 0 Å². The monoisotopic (exact) mass is 387 g/mol. The van der Waals surface area contributed by atoms with Gasteiger partial charge in [0.25, 0.3) is 0 Å². The highest BCUT2D eigenvalue weighted by Crippen LogP contribution is 2.18. The van der Waals surface area contributed by atoms with Crippen LogP contribution in [0, 0.1) is 0 Å². The van der Waals surface area contributed by atoms with Crippen molar-refractivity contribution in [2.45, 2.75) is 38.1 Å². The fourth-order valence-corrected chi connectivity index (χ4v) is 3.20. The van der Waals surface area contributed by atoms with Crippen LogP contribution in [0.1, 0.15) is 31.2 Å². The Balaban J connectivity index is 1.25. The molecule has 1 aromatic rings. The smallest absolute Gasteiger partial charge is 0.312 e. The number of nitrogens with zero attached hydrogens (tertiary/aromatic N) is 2. The standard InChI is InChI=1S/C21H29N3O4/c25-19(7-4-15-28-16-10-17-5-2-1-3-6-17)23-11-13-24(14-12-23)21(27)20(26)22-18-8-9-18/h1-3,5-6,18H,4,7-16H2,(H,22,26). The number of carbonyl (C=O) groups excluding carboxylic acids is 3. The molecule has 0 spiro atoms. The van der Waals surface area contributed by atoms with Crippen LogP contribution < -0.4 is 5.32 Å². The highest BCUT2D eigenvalue weighted by molar-refractivity contribution is 6.35. The second kappa shape index (κ2) is 10.2. The first-order chi connectivity index (χ1) is 13.6. The van der Waals surface area contributed by atoms with Crippen molar-refractivity contribution >= 4 is 17.7 Å². The number of piperazine rings is 1.